The average Bonchev–Trinajstić information content (AvgIpc) is 2.29. The highest BCUT2D eigenvalue weighted by Crippen LogP contribution is 2.19. The fourth-order valence-electron chi connectivity index (χ4n) is 1.25. The third-order valence-corrected chi connectivity index (χ3v) is 4.00. The minimum atomic E-state index is -3.92. The zero-order chi connectivity index (χ0) is 13.9. The van der Waals surface area contributed by atoms with Crippen LogP contribution >= 0.6 is 0 Å². The van der Waals surface area contributed by atoms with E-state index in [4.69, 9.17) is 5.73 Å². The molecule has 1 aromatic rings. The highest BCUT2D eigenvalue weighted by molar-refractivity contribution is 7.89. The Morgan fingerprint density at radius 3 is 2.61 bits per heavy atom. The molecule has 0 bridgehead atoms. The van der Waals surface area contributed by atoms with Crippen LogP contribution in [0.5, 0.6) is 0 Å². The van der Waals surface area contributed by atoms with Crippen LogP contribution in [0.25, 0.3) is 0 Å². The van der Waals surface area contributed by atoms with Gasteiger partial charge in [0.2, 0.25) is 10.0 Å². The number of aliphatic hydroxyl groups excluding tert-OH is 1. The van der Waals surface area contributed by atoms with E-state index in [1.165, 1.54) is 6.07 Å². The van der Waals surface area contributed by atoms with Crippen LogP contribution in [-0.4, -0.2) is 26.2 Å². The number of nitrogens with one attached hydrogen (secondary N) is 1. The average molecular weight is 276 g/mol. The number of benzene rings is 1. The summed E-state index contributed by atoms with van der Waals surface area (Å²) in [5.74, 6) is -0.772. The number of rotatable bonds is 5. The first-order valence-corrected chi connectivity index (χ1v) is 6.95. The molecule has 4 N–H and O–H groups in total. The van der Waals surface area contributed by atoms with Crippen molar-refractivity contribution in [2.45, 2.75) is 24.8 Å². The minimum absolute atomic E-state index is 0.0389. The molecule has 1 aromatic carbocycles. The molecule has 0 saturated heterocycles. The van der Waals surface area contributed by atoms with Crippen molar-refractivity contribution < 1.29 is 17.9 Å². The lowest BCUT2D eigenvalue weighted by atomic mass is 10.1. The maximum absolute atomic E-state index is 13.0. The first-order chi connectivity index (χ1) is 8.24. The van der Waals surface area contributed by atoms with Crippen molar-refractivity contribution in [2.75, 3.05) is 12.3 Å². The van der Waals surface area contributed by atoms with Crippen LogP contribution in [0.2, 0.25) is 0 Å². The van der Waals surface area contributed by atoms with E-state index in [1.807, 2.05) is 0 Å². The normalized spacial score (nSPS) is 13.8. The van der Waals surface area contributed by atoms with Crippen molar-refractivity contribution >= 4 is 15.7 Å². The van der Waals surface area contributed by atoms with Gasteiger partial charge < -0.3 is 10.8 Å². The standard InChI is InChI=1S/C11H17FN2O3S/c1-7(2)10(15)6-14-18(16,17)11-5-8(12)3-4-9(11)13/h3-5,7,10,14-15H,6,13H2,1-2H3. The van der Waals surface area contributed by atoms with Gasteiger partial charge in [-0.2, -0.15) is 0 Å². The summed E-state index contributed by atoms with van der Waals surface area (Å²) < 4.78 is 38.9. The predicted molar refractivity (Wildman–Crippen MR) is 66.8 cm³/mol. The SMILES string of the molecule is CC(C)C(O)CNS(=O)(=O)c1cc(F)ccc1N. The molecule has 0 radical (unpaired) electrons. The largest absolute Gasteiger partial charge is 0.398 e. The van der Waals surface area contributed by atoms with Gasteiger partial charge in [-0.1, -0.05) is 13.8 Å². The van der Waals surface area contributed by atoms with Gasteiger partial charge in [0.05, 0.1) is 11.8 Å². The van der Waals surface area contributed by atoms with Crippen LogP contribution in [0.3, 0.4) is 0 Å². The first kappa shape index (κ1) is 14.9. The van der Waals surface area contributed by atoms with E-state index in [2.05, 4.69) is 4.72 Å². The Morgan fingerprint density at radius 2 is 2.06 bits per heavy atom. The topological polar surface area (TPSA) is 92.4 Å². The van der Waals surface area contributed by atoms with Crippen molar-refractivity contribution in [2.24, 2.45) is 5.92 Å². The lowest BCUT2D eigenvalue weighted by Crippen LogP contribution is -2.35. The van der Waals surface area contributed by atoms with Gasteiger partial charge in [-0.05, 0) is 24.1 Å². The Morgan fingerprint density at radius 1 is 1.44 bits per heavy atom. The molecule has 0 amide bonds. The molecule has 102 valence electrons. The molecule has 0 fully saturated rings. The number of aliphatic hydroxyl groups is 1. The number of hydrogen-bond acceptors (Lipinski definition) is 4. The monoisotopic (exact) mass is 276 g/mol. The highest BCUT2D eigenvalue weighted by Gasteiger charge is 2.20. The molecule has 1 unspecified atom stereocenters. The summed E-state index contributed by atoms with van der Waals surface area (Å²) in [6, 6.07) is 3.11. The molecule has 5 nitrogen and oxygen atoms in total. The van der Waals surface area contributed by atoms with Crippen molar-refractivity contribution in [1.82, 2.24) is 4.72 Å². The molecular weight excluding hydrogens is 259 g/mol. The van der Waals surface area contributed by atoms with Crippen LogP contribution in [-0.2, 0) is 10.0 Å². The molecular formula is C11H17FN2O3S. The van der Waals surface area contributed by atoms with Gasteiger partial charge in [0.15, 0.2) is 0 Å². The molecule has 0 aromatic heterocycles. The zero-order valence-corrected chi connectivity index (χ0v) is 11.0. The quantitative estimate of drug-likeness (QED) is 0.690. The lowest BCUT2D eigenvalue weighted by Gasteiger charge is -2.15. The summed E-state index contributed by atoms with van der Waals surface area (Å²) in [5, 5.41) is 9.53. The summed E-state index contributed by atoms with van der Waals surface area (Å²) in [6.07, 6.45) is -0.811. The minimum Gasteiger partial charge on any atom is -0.398 e. The number of anilines is 1. The fourth-order valence-corrected chi connectivity index (χ4v) is 2.44. The van der Waals surface area contributed by atoms with Crippen LogP contribution in [0, 0.1) is 11.7 Å². The third kappa shape index (κ3) is 3.66. The van der Waals surface area contributed by atoms with Gasteiger partial charge in [-0.3, -0.25) is 0 Å². The fraction of sp³-hybridized carbons (Fsp3) is 0.455. The van der Waals surface area contributed by atoms with Crippen LogP contribution in [0.4, 0.5) is 10.1 Å². The summed E-state index contributed by atoms with van der Waals surface area (Å²) >= 11 is 0. The number of nitrogen functional groups attached to an aromatic ring is 1. The second-order valence-corrected chi connectivity index (χ2v) is 6.08. The predicted octanol–water partition coefficient (Wildman–Crippen LogP) is 0.703. The molecule has 7 heteroatoms. The maximum Gasteiger partial charge on any atom is 0.242 e. The Kier molecular flexibility index (Phi) is 4.66. The van der Waals surface area contributed by atoms with Gasteiger partial charge in [0.1, 0.15) is 10.7 Å². The van der Waals surface area contributed by atoms with Gasteiger partial charge in [-0.15, -0.1) is 0 Å². The molecule has 1 rings (SSSR count). The highest BCUT2D eigenvalue weighted by atomic mass is 32.2. The molecule has 0 aliphatic heterocycles. The Hall–Kier alpha value is -1.18. The van der Waals surface area contributed by atoms with E-state index in [1.54, 1.807) is 13.8 Å². The smallest absolute Gasteiger partial charge is 0.242 e. The first-order valence-electron chi connectivity index (χ1n) is 5.47. The number of hydrogen-bond donors (Lipinski definition) is 3. The third-order valence-electron chi connectivity index (χ3n) is 2.52. The van der Waals surface area contributed by atoms with Gasteiger partial charge in [-0.25, -0.2) is 17.5 Å². The second kappa shape index (κ2) is 5.64. The number of sulfonamides is 1. The van der Waals surface area contributed by atoms with Crippen LogP contribution < -0.4 is 10.5 Å². The maximum atomic E-state index is 13.0. The van der Waals surface area contributed by atoms with Crippen LogP contribution in [0.1, 0.15) is 13.8 Å². The molecule has 18 heavy (non-hydrogen) atoms. The Bertz CT molecular complexity index is 517. The van der Waals surface area contributed by atoms with E-state index in [0.29, 0.717) is 0 Å². The Labute approximate surface area is 106 Å². The lowest BCUT2D eigenvalue weighted by molar-refractivity contribution is 0.129. The number of halogens is 1. The molecule has 0 aliphatic carbocycles. The van der Waals surface area contributed by atoms with E-state index < -0.39 is 21.9 Å². The van der Waals surface area contributed by atoms with E-state index in [9.17, 15) is 17.9 Å². The zero-order valence-electron chi connectivity index (χ0n) is 10.2. The molecule has 0 heterocycles. The summed E-state index contributed by atoms with van der Waals surface area (Å²) in [5.41, 5.74) is 5.45. The Balaban J connectivity index is 2.90. The molecule has 0 spiro atoms. The van der Waals surface area contributed by atoms with Crippen LogP contribution in [0.15, 0.2) is 23.1 Å². The van der Waals surface area contributed by atoms with E-state index >= 15 is 0 Å². The molecule has 1 atom stereocenters. The summed E-state index contributed by atoms with van der Waals surface area (Å²) in [4.78, 5) is -0.321. The second-order valence-electron chi connectivity index (χ2n) is 4.35. The van der Waals surface area contributed by atoms with Crippen molar-refractivity contribution in [1.29, 1.82) is 0 Å². The molecule has 0 aliphatic rings. The van der Waals surface area contributed by atoms with Gasteiger partial charge in [0, 0.05) is 6.54 Å². The van der Waals surface area contributed by atoms with Crippen molar-refractivity contribution in [3.8, 4) is 0 Å². The van der Waals surface area contributed by atoms with Crippen molar-refractivity contribution in [3.63, 3.8) is 0 Å². The van der Waals surface area contributed by atoms with E-state index in [0.717, 1.165) is 12.1 Å². The molecule has 0 saturated carbocycles. The van der Waals surface area contributed by atoms with Gasteiger partial charge >= 0.3 is 0 Å². The summed E-state index contributed by atoms with van der Waals surface area (Å²) in [6.45, 7) is 3.38. The summed E-state index contributed by atoms with van der Waals surface area (Å²) in [7, 11) is -3.92. The van der Waals surface area contributed by atoms with Crippen molar-refractivity contribution in [3.05, 3.63) is 24.0 Å². The number of nitrogens with two attached hydrogens (primary N) is 1. The van der Waals surface area contributed by atoms with Gasteiger partial charge in [0.25, 0.3) is 0 Å². The van der Waals surface area contributed by atoms with E-state index in [-0.39, 0.29) is 23.0 Å².